The van der Waals surface area contributed by atoms with E-state index in [0.29, 0.717) is 5.56 Å². The number of imide groups is 1. The van der Waals surface area contributed by atoms with E-state index in [1.54, 1.807) is 25.1 Å². The summed E-state index contributed by atoms with van der Waals surface area (Å²) in [5.74, 6) is -3.48. The fourth-order valence-electron chi connectivity index (χ4n) is 2.61. The fourth-order valence-corrected chi connectivity index (χ4v) is 2.61. The average Bonchev–Trinajstić information content (AvgIpc) is 2.88. The molecule has 0 saturated carbocycles. The van der Waals surface area contributed by atoms with E-state index in [9.17, 15) is 23.6 Å². The lowest BCUT2D eigenvalue weighted by atomic mass is 10.1. The van der Waals surface area contributed by atoms with Gasteiger partial charge in [-0.1, -0.05) is 18.2 Å². The van der Waals surface area contributed by atoms with E-state index in [-0.39, 0.29) is 16.8 Å². The molecule has 2 aromatic carbocycles. The number of anilines is 1. The van der Waals surface area contributed by atoms with Crippen molar-refractivity contribution in [2.24, 2.45) is 0 Å². The third-order valence-corrected chi connectivity index (χ3v) is 3.93. The molecular formula is C19H15FN2O5. The Morgan fingerprint density at radius 3 is 2.30 bits per heavy atom. The maximum Gasteiger partial charge on any atom is 0.326 e. The van der Waals surface area contributed by atoms with Crippen molar-refractivity contribution in [1.82, 2.24) is 4.90 Å². The molecule has 0 spiro atoms. The predicted octanol–water partition coefficient (Wildman–Crippen LogP) is 1.91. The smallest absolute Gasteiger partial charge is 0.326 e. The monoisotopic (exact) mass is 370 g/mol. The summed E-state index contributed by atoms with van der Waals surface area (Å²) in [6.45, 7) is 0.420. The van der Waals surface area contributed by atoms with E-state index in [4.69, 9.17) is 4.74 Å². The Morgan fingerprint density at radius 2 is 1.70 bits per heavy atom. The van der Waals surface area contributed by atoms with Crippen molar-refractivity contribution in [3.63, 3.8) is 0 Å². The highest BCUT2D eigenvalue weighted by atomic mass is 19.1. The van der Waals surface area contributed by atoms with Crippen LogP contribution in [0.15, 0.2) is 42.5 Å². The number of nitrogens with one attached hydrogen (secondary N) is 1. The van der Waals surface area contributed by atoms with Gasteiger partial charge in [0.2, 0.25) is 0 Å². The molecule has 1 aliphatic heterocycles. The van der Waals surface area contributed by atoms with Crippen molar-refractivity contribution < 1.29 is 28.3 Å². The number of amides is 3. The van der Waals surface area contributed by atoms with Crippen molar-refractivity contribution in [3.8, 4) is 0 Å². The SMILES string of the molecule is Cc1ccc(NC(=O)COC(=O)CN2C(=O)c3ccccc3C2=O)c(F)c1. The number of rotatable bonds is 5. The van der Waals surface area contributed by atoms with Crippen LogP contribution in [-0.2, 0) is 14.3 Å². The first-order chi connectivity index (χ1) is 12.9. The molecule has 0 atom stereocenters. The molecule has 2 aromatic rings. The second kappa shape index (κ2) is 7.36. The summed E-state index contributed by atoms with van der Waals surface area (Å²) in [6.07, 6.45) is 0. The maximum absolute atomic E-state index is 13.7. The lowest BCUT2D eigenvalue weighted by Gasteiger charge is -2.13. The van der Waals surface area contributed by atoms with Crippen LogP contribution in [0.2, 0.25) is 0 Å². The molecule has 8 heteroatoms. The molecule has 0 fully saturated rings. The summed E-state index contributed by atoms with van der Waals surface area (Å²) in [5.41, 5.74) is 1.07. The number of ether oxygens (including phenoxy) is 1. The number of nitrogens with zero attached hydrogens (tertiary/aromatic N) is 1. The molecule has 1 aliphatic rings. The zero-order valence-corrected chi connectivity index (χ0v) is 14.3. The predicted molar refractivity (Wildman–Crippen MR) is 92.5 cm³/mol. The molecule has 3 rings (SSSR count). The molecule has 0 saturated heterocycles. The van der Waals surface area contributed by atoms with Crippen LogP contribution in [0, 0.1) is 12.7 Å². The molecule has 0 bridgehead atoms. The summed E-state index contributed by atoms with van der Waals surface area (Å²) < 4.78 is 18.5. The summed E-state index contributed by atoms with van der Waals surface area (Å²) in [6, 6.07) is 10.5. The quantitative estimate of drug-likeness (QED) is 0.641. The number of hydrogen-bond acceptors (Lipinski definition) is 5. The van der Waals surface area contributed by atoms with Crippen molar-refractivity contribution in [1.29, 1.82) is 0 Å². The first-order valence-electron chi connectivity index (χ1n) is 8.03. The van der Waals surface area contributed by atoms with Gasteiger partial charge in [0.15, 0.2) is 6.61 Å². The first-order valence-corrected chi connectivity index (χ1v) is 8.03. The normalized spacial score (nSPS) is 12.7. The second-order valence-corrected chi connectivity index (χ2v) is 5.93. The van der Waals surface area contributed by atoms with Gasteiger partial charge < -0.3 is 10.1 Å². The van der Waals surface area contributed by atoms with E-state index in [0.717, 1.165) is 4.90 Å². The van der Waals surface area contributed by atoms with Gasteiger partial charge in [0, 0.05) is 0 Å². The number of benzene rings is 2. The van der Waals surface area contributed by atoms with Crippen molar-refractivity contribution >= 4 is 29.4 Å². The van der Waals surface area contributed by atoms with Gasteiger partial charge in [0.25, 0.3) is 17.7 Å². The van der Waals surface area contributed by atoms with Gasteiger partial charge in [-0.3, -0.25) is 24.1 Å². The van der Waals surface area contributed by atoms with Crippen LogP contribution in [0.4, 0.5) is 10.1 Å². The third kappa shape index (κ3) is 3.84. The average molecular weight is 370 g/mol. The van der Waals surface area contributed by atoms with Crippen LogP contribution in [0.3, 0.4) is 0 Å². The first kappa shape index (κ1) is 18.2. The number of carbonyl (C=O) groups is 4. The molecule has 0 aromatic heterocycles. The Morgan fingerprint density at radius 1 is 1.07 bits per heavy atom. The van der Waals surface area contributed by atoms with Gasteiger partial charge in [-0.25, -0.2) is 4.39 Å². The van der Waals surface area contributed by atoms with Crippen molar-refractivity contribution in [3.05, 3.63) is 65.0 Å². The largest absolute Gasteiger partial charge is 0.454 e. The Labute approximate surface area is 153 Å². The van der Waals surface area contributed by atoms with Gasteiger partial charge in [0.05, 0.1) is 16.8 Å². The number of halogens is 1. The molecule has 138 valence electrons. The number of fused-ring (bicyclic) bond motifs is 1. The molecule has 7 nitrogen and oxygen atoms in total. The number of esters is 1. The number of carbonyl (C=O) groups excluding carboxylic acids is 4. The summed E-state index contributed by atoms with van der Waals surface area (Å²) in [7, 11) is 0. The van der Waals surface area contributed by atoms with E-state index in [2.05, 4.69) is 5.32 Å². The topological polar surface area (TPSA) is 92.8 Å². The van der Waals surface area contributed by atoms with Crippen molar-refractivity contribution in [2.75, 3.05) is 18.5 Å². The molecule has 1 heterocycles. The van der Waals surface area contributed by atoms with Crippen molar-refractivity contribution in [2.45, 2.75) is 6.92 Å². The highest BCUT2D eigenvalue weighted by molar-refractivity contribution is 6.22. The molecule has 3 amide bonds. The third-order valence-electron chi connectivity index (χ3n) is 3.93. The molecule has 1 N–H and O–H groups in total. The lowest BCUT2D eigenvalue weighted by Crippen LogP contribution is -2.36. The van der Waals surface area contributed by atoms with Crippen LogP contribution in [0.5, 0.6) is 0 Å². The Bertz CT molecular complexity index is 922. The van der Waals surface area contributed by atoms with Gasteiger partial charge >= 0.3 is 5.97 Å². The molecule has 0 aliphatic carbocycles. The molecular weight excluding hydrogens is 355 g/mol. The highest BCUT2D eigenvalue weighted by Crippen LogP contribution is 2.22. The van der Waals surface area contributed by atoms with Crippen LogP contribution in [0.25, 0.3) is 0 Å². The lowest BCUT2D eigenvalue weighted by molar-refractivity contribution is -0.147. The number of hydrogen-bond donors (Lipinski definition) is 1. The second-order valence-electron chi connectivity index (χ2n) is 5.93. The Hall–Kier alpha value is -3.55. The van der Waals surface area contributed by atoms with E-state index in [1.807, 2.05) is 0 Å². The van der Waals surface area contributed by atoms with E-state index in [1.165, 1.54) is 24.3 Å². The molecule has 0 radical (unpaired) electrons. The van der Waals surface area contributed by atoms with E-state index < -0.39 is 42.7 Å². The van der Waals surface area contributed by atoms with Crippen LogP contribution in [-0.4, -0.2) is 41.7 Å². The Balaban J connectivity index is 1.54. The van der Waals surface area contributed by atoms with Gasteiger partial charge in [-0.15, -0.1) is 0 Å². The zero-order chi connectivity index (χ0) is 19.6. The van der Waals surface area contributed by atoms with Crippen LogP contribution >= 0.6 is 0 Å². The van der Waals surface area contributed by atoms with Crippen LogP contribution in [0.1, 0.15) is 26.3 Å². The van der Waals surface area contributed by atoms with E-state index >= 15 is 0 Å². The highest BCUT2D eigenvalue weighted by Gasteiger charge is 2.36. The molecule has 27 heavy (non-hydrogen) atoms. The summed E-state index contributed by atoms with van der Waals surface area (Å²) >= 11 is 0. The Kier molecular flexibility index (Phi) is 4.98. The minimum Gasteiger partial charge on any atom is -0.454 e. The number of aryl methyl sites for hydroxylation is 1. The minimum atomic E-state index is -0.927. The molecule has 0 unspecified atom stereocenters. The zero-order valence-electron chi connectivity index (χ0n) is 14.3. The summed E-state index contributed by atoms with van der Waals surface area (Å²) in [5, 5.41) is 2.28. The minimum absolute atomic E-state index is 0.0398. The van der Waals surface area contributed by atoms with Gasteiger partial charge in [-0.2, -0.15) is 0 Å². The summed E-state index contributed by atoms with van der Waals surface area (Å²) in [4.78, 5) is 48.8. The standard InChI is InChI=1S/C19H15FN2O5/c1-11-6-7-15(14(20)8-11)21-16(23)10-27-17(24)9-22-18(25)12-4-2-3-5-13(12)19(22)26/h2-8H,9-10H2,1H3,(H,21,23). The maximum atomic E-state index is 13.7. The fraction of sp³-hybridized carbons (Fsp3) is 0.158. The van der Waals surface area contributed by atoms with Crippen LogP contribution < -0.4 is 5.32 Å². The van der Waals surface area contributed by atoms with Gasteiger partial charge in [0.1, 0.15) is 12.4 Å². The van der Waals surface area contributed by atoms with Gasteiger partial charge in [-0.05, 0) is 36.8 Å².